The summed E-state index contributed by atoms with van der Waals surface area (Å²) in [5.74, 6) is -0.334. The van der Waals surface area contributed by atoms with Crippen LogP contribution in [0.2, 0.25) is 0 Å². The summed E-state index contributed by atoms with van der Waals surface area (Å²) in [6.07, 6.45) is 1.57. The van der Waals surface area contributed by atoms with E-state index in [0.29, 0.717) is 17.1 Å². The fourth-order valence-electron chi connectivity index (χ4n) is 2.23. The van der Waals surface area contributed by atoms with Gasteiger partial charge in [0.15, 0.2) is 0 Å². The first-order valence-electron chi connectivity index (χ1n) is 7.99. The Morgan fingerprint density at radius 2 is 1.80 bits per heavy atom. The molecule has 2 rings (SSSR count). The number of carbonyl (C=O) groups excluding carboxylic acids is 2. The van der Waals surface area contributed by atoms with Crippen LogP contribution in [0.4, 0.5) is 5.69 Å². The molecule has 0 aliphatic rings. The lowest BCUT2D eigenvalue weighted by Gasteiger charge is -2.19. The first kappa shape index (κ1) is 18.4. The van der Waals surface area contributed by atoms with Crippen molar-refractivity contribution in [2.24, 2.45) is 0 Å². The van der Waals surface area contributed by atoms with Crippen LogP contribution in [0.3, 0.4) is 0 Å². The second-order valence-electron chi connectivity index (χ2n) is 6.62. The normalized spacial score (nSPS) is 10.9. The number of hydrogen-bond donors (Lipinski definition) is 2. The number of hydrogen-bond acceptors (Lipinski definition) is 4. The van der Waals surface area contributed by atoms with Crippen LogP contribution in [0, 0.1) is 0 Å². The number of anilines is 1. The second-order valence-corrected chi connectivity index (χ2v) is 6.62. The number of benzene rings is 1. The van der Waals surface area contributed by atoms with E-state index in [1.165, 1.54) is 7.11 Å². The van der Waals surface area contributed by atoms with Crippen LogP contribution in [0.25, 0.3) is 0 Å². The van der Waals surface area contributed by atoms with E-state index in [9.17, 15) is 9.59 Å². The summed E-state index contributed by atoms with van der Waals surface area (Å²) in [7, 11) is 1.47. The Bertz CT molecular complexity index is 749. The third kappa shape index (κ3) is 5.04. The van der Waals surface area contributed by atoms with Crippen LogP contribution in [0.15, 0.2) is 42.6 Å². The van der Waals surface area contributed by atoms with Crippen molar-refractivity contribution in [3.05, 3.63) is 53.7 Å². The summed E-state index contributed by atoms with van der Waals surface area (Å²) < 4.78 is 5.07. The molecule has 0 bridgehead atoms. The minimum absolute atomic E-state index is 0.0255. The van der Waals surface area contributed by atoms with E-state index in [2.05, 4.69) is 36.4 Å². The Hall–Kier alpha value is -2.89. The molecule has 1 aromatic heterocycles. The molecule has 6 heteroatoms. The van der Waals surface area contributed by atoms with Crippen molar-refractivity contribution >= 4 is 17.5 Å². The smallest absolute Gasteiger partial charge is 0.251 e. The van der Waals surface area contributed by atoms with Crippen molar-refractivity contribution in [3.63, 3.8) is 0 Å². The zero-order valence-electron chi connectivity index (χ0n) is 14.9. The molecule has 0 saturated carbocycles. The quantitative estimate of drug-likeness (QED) is 0.876. The molecule has 1 aromatic carbocycles. The van der Waals surface area contributed by atoms with Gasteiger partial charge >= 0.3 is 0 Å². The summed E-state index contributed by atoms with van der Waals surface area (Å²) in [5, 5.41) is 5.26. The molecule has 0 spiro atoms. The Balaban J connectivity index is 1.92. The van der Waals surface area contributed by atoms with Crippen LogP contribution >= 0.6 is 0 Å². The number of pyridine rings is 1. The third-order valence-electron chi connectivity index (χ3n) is 3.66. The number of nitrogens with zero attached hydrogens (tertiary/aromatic N) is 1. The van der Waals surface area contributed by atoms with E-state index >= 15 is 0 Å². The van der Waals surface area contributed by atoms with E-state index in [1.54, 1.807) is 30.5 Å². The molecule has 1 heterocycles. The second kappa shape index (κ2) is 7.79. The molecule has 0 saturated heterocycles. The molecule has 0 aliphatic heterocycles. The van der Waals surface area contributed by atoms with Crippen molar-refractivity contribution in [3.8, 4) is 5.88 Å². The Kier molecular flexibility index (Phi) is 5.75. The first-order chi connectivity index (χ1) is 11.8. The molecule has 132 valence electrons. The first-order valence-corrected chi connectivity index (χ1v) is 7.99. The summed E-state index contributed by atoms with van der Waals surface area (Å²) in [4.78, 5) is 28.1. The summed E-state index contributed by atoms with van der Waals surface area (Å²) in [6.45, 7) is 6.19. The molecule has 0 unspecified atom stereocenters. The van der Waals surface area contributed by atoms with Crippen LogP contribution < -0.4 is 15.4 Å². The summed E-state index contributed by atoms with van der Waals surface area (Å²) in [6, 6.07) is 10.7. The highest BCUT2D eigenvalue weighted by Gasteiger charge is 2.15. The summed E-state index contributed by atoms with van der Waals surface area (Å²) in [5.41, 5.74) is 2.14. The monoisotopic (exact) mass is 341 g/mol. The standard InChI is InChI=1S/C19H23N3O3/c1-19(2,3)14-9-7-13(8-10-14)17(24)21-12-16(23)22-15-6-5-11-20-18(15)25-4/h5-11H,12H2,1-4H3,(H,21,24)(H,22,23). The predicted octanol–water partition coefficient (Wildman–Crippen LogP) is 2.76. The Morgan fingerprint density at radius 3 is 2.40 bits per heavy atom. The number of aromatic nitrogens is 1. The van der Waals surface area contributed by atoms with E-state index in [-0.39, 0.29) is 23.8 Å². The Labute approximate surface area is 147 Å². The van der Waals surface area contributed by atoms with Gasteiger partial charge in [-0.3, -0.25) is 9.59 Å². The van der Waals surface area contributed by atoms with Gasteiger partial charge in [0.05, 0.1) is 13.7 Å². The molecule has 2 aromatic rings. The highest BCUT2D eigenvalue weighted by Crippen LogP contribution is 2.22. The minimum Gasteiger partial charge on any atom is -0.480 e. The van der Waals surface area contributed by atoms with Crippen molar-refractivity contribution in [1.82, 2.24) is 10.3 Å². The molecule has 0 fully saturated rings. The molecule has 6 nitrogen and oxygen atoms in total. The van der Waals surface area contributed by atoms with E-state index in [4.69, 9.17) is 4.74 Å². The largest absolute Gasteiger partial charge is 0.480 e. The number of carbonyl (C=O) groups is 2. The van der Waals surface area contributed by atoms with E-state index < -0.39 is 0 Å². The summed E-state index contributed by atoms with van der Waals surface area (Å²) >= 11 is 0. The number of nitrogens with one attached hydrogen (secondary N) is 2. The van der Waals surface area contributed by atoms with Gasteiger partial charge in [-0.15, -0.1) is 0 Å². The molecule has 25 heavy (non-hydrogen) atoms. The van der Waals surface area contributed by atoms with Gasteiger partial charge in [0.1, 0.15) is 5.69 Å². The average Bonchev–Trinajstić information content (AvgIpc) is 2.59. The molecule has 2 N–H and O–H groups in total. The maximum atomic E-state index is 12.2. The Morgan fingerprint density at radius 1 is 1.12 bits per heavy atom. The van der Waals surface area contributed by atoms with Gasteiger partial charge in [-0.1, -0.05) is 32.9 Å². The van der Waals surface area contributed by atoms with Gasteiger partial charge in [-0.2, -0.15) is 0 Å². The van der Waals surface area contributed by atoms with Gasteiger partial charge in [0.25, 0.3) is 5.91 Å². The number of amides is 2. The average molecular weight is 341 g/mol. The number of ether oxygens (including phenoxy) is 1. The lowest BCUT2D eigenvalue weighted by Crippen LogP contribution is -2.33. The van der Waals surface area contributed by atoms with Gasteiger partial charge in [-0.25, -0.2) is 4.98 Å². The molecular formula is C19H23N3O3. The fourth-order valence-corrected chi connectivity index (χ4v) is 2.23. The van der Waals surface area contributed by atoms with Crippen molar-refractivity contribution in [2.75, 3.05) is 19.0 Å². The van der Waals surface area contributed by atoms with E-state index in [0.717, 1.165) is 5.56 Å². The lowest BCUT2D eigenvalue weighted by atomic mass is 9.87. The van der Waals surface area contributed by atoms with Crippen LogP contribution in [0.5, 0.6) is 5.88 Å². The van der Waals surface area contributed by atoms with Crippen LogP contribution in [0.1, 0.15) is 36.7 Å². The molecule has 0 atom stereocenters. The SMILES string of the molecule is COc1ncccc1NC(=O)CNC(=O)c1ccc(C(C)(C)C)cc1. The maximum absolute atomic E-state index is 12.2. The van der Waals surface area contributed by atoms with Crippen LogP contribution in [-0.4, -0.2) is 30.5 Å². The number of rotatable bonds is 5. The third-order valence-corrected chi connectivity index (χ3v) is 3.66. The zero-order chi connectivity index (χ0) is 18.4. The highest BCUT2D eigenvalue weighted by atomic mass is 16.5. The van der Waals surface area contributed by atoms with Gasteiger partial charge in [-0.05, 0) is 35.2 Å². The topological polar surface area (TPSA) is 80.3 Å². The maximum Gasteiger partial charge on any atom is 0.251 e. The number of methoxy groups -OCH3 is 1. The van der Waals surface area contributed by atoms with Gasteiger partial charge in [0, 0.05) is 11.8 Å². The lowest BCUT2D eigenvalue weighted by molar-refractivity contribution is -0.115. The minimum atomic E-state index is -0.356. The van der Waals surface area contributed by atoms with Gasteiger partial charge in [0.2, 0.25) is 11.8 Å². The van der Waals surface area contributed by atoms with Crippen molar-refractivity contribution < 1.29 is 14.3 Å². The zero-order valence-corrected chi connectivity index (χ0v) is 14.9. The molecule has 0 aliphatic carbocycles. The molecule has 0 radical (unpaired) electrons. The molecule has 2 amide bonds. The van der Waals surface area contributed by atoms with Crippen LogP contribution in [-0.2, 0) is 10.2 Å². The van der Waals surface area contributed by atoms with E-state index in [1.807, 2.05) is 12.1 Å². The predicted molar refractivity (Wildman–Crippen MR) is 96.9 cm³/mol. The van der Waals surface area contributed by atoms with Crippen molar-refractivity contribution in [1.29, 1.82) is 0 Å². The molecular weight excluding hydrogens is 318 g/mol. The van der Waals surface area contributed by atoms with Crippen molar-refractivity contribution in [2.45, 2.75) is 26.2 Å². The van der Waals surface area contributed by atoms with Gasteiger partial charge < -0.3 is 15.4 Å². The highest BCUT2D eigenvalue weighted by molar-refractivity contribution is 5.99. The fraction of sp³-hybridized carbons (Fsp3) is 0.316.